The Morgan fingerprint density at radius 3 is 2.94 bits per heavy atom. The average molecular weight is 298 g/mol. The third kappa shape index (κ3) is 2.44. The van der Waals surface area contributed by atoms with E-state index in [1.54, 1.807) is 25.2 Å². The van der Waals surface area contributed by atoms with Crippen LogP contribution in [0.15, 0.2) is 28.7 Å². The molecule has 0 spiro atoms. The van der Waals surface area contributed by atoms with Crippen LogP contribution in [0.25, 0.3) is 0 Å². The Kier molecular flexibility index (Phi) is 3.10. The lowest BCUT2D eigenvalue weighted by Crippen LogP contribution is -2.01. The lowest BCUT2D eigenvalue weighted by Gasteiger charge is -2.05. The minimum Gasteiger partial charge on any atom is -0.476 e. The van der Waals surface area contributed by atoms with Crippen LogP contribution in [-0.2, 0) is 7.05 Å². The van der Waals surface area contributed by atoms with E-state index < -0.39 is 5.97 Å². The number of aryl methyl sites for hydroxylation is 1. The molecule has 17 heavy (non-hydrogen) atoms. The molecular formula is C10H8BrN3O3. The van der Waals surface area contributed by atoms with Crippen LogP contribution in [0, 0.1) is 0 Å². The molecule has 0 fully saturated rings. The van der Waals surface area contributed by atoms with Gasteiger partial charge in [0.05, 0.1) is 0 Å². The van der Waals surface area contributed by atoms with Crippen molar-refractivity contribution >= 4 is 21.9 Å². The van der Waals surface area contributed by atoms with Crippen LogP contribution in [0.4, 0.5) is 0 Å². The van der Waals surface area contributed by atoms with E-state index in [0.717, 1.165) is 4.47 Å². The van der Waals surface area contributed by atoms with Gasteiger partial charge in [0, 0.05) is 11.5 Å². The SMILES string of the molecule is Cn1nnc(C(=O)O)c1Oc1cccc(Br)c1. The largest absolute Gasteiger partial charge is 0.476 e. The molecule has 1 N–H and O–H groups in total. The van der Waals surface area contributed by atoms with E-state index in [1.807, 2.05) is 6.07 Å². The second-order valence-electron chi connectivity index (χ2n) is 3.23. The van der Waals surface area contributed by atoms with Crippen molar-refractivity contribution in [3.8, 4) is 11.6 Å². The van der Waals surface area contributed by atoms with Crippen molar-refractivity contribution in [1.82, 2.24) is 15.0 Å². The first kappa shape index (κ1) is 11.6. The molecular weight excluding hydrogens is 290 g/mol. The van der Waals surface area contributed by atoms with Crippen LogP contribution in [0.1, 0.15) is 10.5 Å². The predicted octanol–water partition coefficient (Wildman–Crippen LogP) is 2.07. The van der Waals surface area contributed by atoms with E-state index in [0.29, 0.717) is 5.75 Å². The highest BCUT2D eigenvalue weighted by molar-refractivity contribution is 9.10. The first-order valence-electron chi connectivity index (χ1n) is 4.64. The Hall–Kier alpha value is -1.89. The van der Waals surface area contributed by atoms with Crippen molar-refractivity contribution in [3.05, 3.63) is 34.4 Å². The number of hydrogen-bond acceptors (Lipinski definition) is 4. The molecule has 1 aromatic heterocycles. The molecule has 0 amide bonds. The Balaban J connectivity index is 2.36. The van der Waals surface area contributed by atoms with Crippen molar-refractivity contribution in [2.45, 2.75) is 0 Å². The van der Waals surface area contributed by atoms with Crippen LogP contribution in [0.5, 0.6) is 11.6 Å². The summed E-state index contributed by atoms with van der Waals surface area (Å²) in [5.41, 5.74) is -0.215. The molecule has 88 valence electrons. The molecule has 2 rings (SSSR count). The van der Waals surface area contributed by atoms with Crippen LogP contribution in [0.2, 0.25) is 0 Å². The van der Waals surface area contributed by atoms with Gasteiger partial charge in [0.1, 0.15) is 5.75 Å². The van der Waals surface area contributed by atoms with Crippen LogP contribution in [0.3, 0.4) is 0 Å². The van der Waals surface area contributed by atoms with E-state index in [-0.39, 0.29) is 11.6 Å². The average Bonchev–Trinajstić information content (AvgIpc) is 2.61. The smallest absolute Gasteiger partial charge is 0.362 e. The molecule has 1 heterocycles. The van der Waals surface area contributed by atoms with E-state index in [1.165, 1.54) is 4.68 Å². The lowest BCUT2D eigenvalue weighted by molar-refractivity contribution is 0.0687. The number of aromatic carboxylic acids is 1. The van der Waals surface area contributed by atoms with Gasteiger partial charge in [-0.2, -0.15) is 0 Å². The van der Waals surface area contributed by atoms with Gasteiger partial charge in [-0.05, 0) is 18.2 Å². The zero-order chi connectivity index (χ0) is 12.4. The molecule has 0 saturated carbocycles. The summed E-state index contributed by atoms with van der Waals surface area (Å²) in [5.74, 6) is -0.578. The van der Waals surface area contributed by atoms with E-state index in [9.17, 15) is 4.79 Å². The number of benzene rings is 1. The van der Waals surface area contributed by atoms with Gasteiger partial charge in [0.15, 0.2) is 0 Å². The summed E-state index contributed by atoms with van der Waals surface area (Å²) < 4.78 is 7.55. The highest BCUT2D eigenvalue weighted by Crippen LogP contribution is 2.25. The second-order valence-corrected chi connectivity index (χ2v) is 4.15. The number of rotatable bonds is 3. The van der Waals surface area contributed by atoms with Crippen molar-refractivity contribution in [3.63, 3.8) is 0 Å². The summed E-state index contributed by atoms with van der Waals surface area (Å²) in [4.78, 5) is 10.9. The minimum atomic E-state index is -1.18. The van der Waals surface area contributed by atoms with Gasteiger partial charge in [-0.25, -0.2) is 9.48 Å². The maximum Gasteiger partial charge on any atom is 0.362 e. The Bertz CT molecular complexity index is 568. The fourth-order valence-corrected chi connectivity index (χ4v) is 1.62. The van der Waals surface area contributed by atoms with E-state index in [4.69, 9.17) is 9.84 Å². The fraction of sp³-hybridized carbons (Fsp3) is 0.100. The van der Waals surface area contributed by atoms with Gasteiger partial charge in [0.2, 0.25) is 5.69 Å². The quantitative estimate of drug-likeness (QED) is 0.938. The van der Waals surface area contributed by atoms with Crippen molar-refractivity contribution in [2.24, 2.45) is 7.05 Å². The summed E-state index contributed by atoms with van der Waals surface area (Å²) in [6.45, 7) is 0. The molecule has 7 heteroatoms. The number of carboxylic acids is 1. The molecule has 1 aromatic carbocycles. The minimum absolute atomic E-state index is 0.0931. The maximum atomic E-state index is 10.9. The summed E-state index contributed by atoms with van der Waals surface area (Å²) in [5, 5.41) is 16.0. The summed E-state index contributed by atoms with van der Waals surface area (Å²) in [6, 6.07) is 7.05. The van der Waals surface area contributed by atoms with E-state index >= 15 is 0 Å². The lowest BCUT2D eigenvalue weighted by atomic mass is 10.3. The predicted molar refractivity (Wildman–Crippen MR) is 62.2 cm³/mol. The van der Waals surface area contributed by atoms with Crippen molar-refractivity contribution < 1.29 is 14.6 Å². The molecule has 2 aromatic rings. The zero-order valence-corrected chi connectivity index (χ0v) is 10.4. The molecule has 0 radical (unpaired) electrons. The Morgan fingerprint density at radius 1 is 1.53 bits per heavy atom. The zero-order valence-electron chi connectivity index (χ0n) is 8.79. The molecule has 0 unspecified atom stereocenters. The van der Waals surface area contributed by atoms with Crippen LogP contribution < -0.4 is 4.74 Å². The van der Waals surface area contributed by atoms with Crippen LogP contribution >= 0.6 is 15.9 Å². The number of halogens is 1. The van der Waals surface area contributed by atoms with Gasteiger partial charge in [-0.1, -0.05) is 27.2 Å². The third-order valence-corrected chi connectivity index (χ3v) is 2.48. The van der Waals surface area contributed by atoms with Gasteiger partial charge in [-0.3, -0.25) is 0 Å². The maximum absolute atomic E-state index is 10.9. The highest BCUT2D eigenvalue weighted by Gasteiger charge is 2.19. The molecule has 0 atom stereocenters. The standard InChI is InChI=1S/C10H8BrN3O3/c1-14-9(8(10(15)16)12-13-14)17-7-4-2-3-6(11)5-7/h2-5H,1H3,(H,15,16). The van der Waals surface area contributed by atoms with Crippen LogP contribution in [-0.4, -0.2) is 26.1 Å². The summed E-state index contributed by atoms with van der Waals surface area (Å²) in [7, 11) is 1.56. The Morgan fingerprint density at radius 2 is 2.29 bits per heavy atom. The second kappa shape index (κ2) is 4.54. The van der Waals surface area contributed by atoms with Gasteiger partial charge < -0.3 is 9.84 Å². The van der Waals surface area contributed by atoms with E-state index in [2.05, 4.69) is 26.2 Å². The third-order valence-electron chi connectivity index (χ3n) is 1.99. The molecule has 0 bridgehead atoms. The first-order valence-corrected chi connectivity index (χ1v) is 5.43. The fourth-order valence-electron chi connectivity index (χ4n) is 1.24. The topological polar surface area (TPSA) is 77.2 Å². The van der Waals surface area contributed by atoms with Gasteiger partial charge >= 0.3 is 5.97 Å². The first-order chi connectivity index (χ1) is 8.08. The number of hydrogen-bond donors (Lipinski definition) is 1. The van der Waals surface area contributed by atoms with Gasteiger partial charge in [0.25, 0.3) is 5.88 Å². The van der Waals surface area contributed by atoms with Crippen molar-refractivity contribution in [1.29, 1.82) is 0 Å². The monoisotopic (exact) mass is 297 g/mol. The number of carboxylic acid groups (broad SMARTS) is 1. The Labute approximate surface area is 105 Å². The van der Waals surface area contributed by atoms with Gasteiger partial charge in [-0.15, -0.1) is 5.10 Å². The molecule has 0 aliphatic carbocycles. The number of nitrogens with zero attached hydrogens (tertiary/aromatic N) is 3. The number of aromatic nitrogens is 3. The normalized spacial score (nSPS) is 10.2. The molecule has 6 nitrogen and oxygen atoms in total. The summed E-state index contributed by atoms with van der Waals surface area (Å²) >= 11 is 3.30. The van der Waals surface area contributed by atoms with Crippen molar-refractivity contribution in [2.75, 3.05) is 0 Å². The molecule has 0 aliphatic heterocycles. The highest BCUT2D eigenvalue weighted by atomic mass is 79.9. The number of carbonyl (C=O) groups is 1. The summed E-state index contributed by atoms with van der Waals surface area (Å²) in [6.07, 6.45) is 0. The number of ether oxygens (including phenoxy) is 1. The molecule has 0 aliphatic rings. The molecule has 0 saturated heterocycles.